The van der Waals surface area contributed by atoms with Gasteiger partial charge in [-0.2, -0.15) is 0 Å². The number of thioether (sulfide) groups is 1. The van der Waals surface area contributed by atoms with Crippen LogP contribution in [0, 0.1) is 0 Å². The minimum absolute atomic E-state index is 0.162. The van der Waals surface area contributed by atoms with Crippen LogP contribution in [-0.4, -0.2) is 23.3 Å². The van der Waals surface area contributed by atoms with Crippen LogP contribution in [0.1, 0.15) is 45.4 Å². The van der Waals surface area contributed by atoms with Crippen molar-refractivity contribution in [2.75, 3.05) is 12.4 Å². The molecule has 0 aliphatic carbocycles. The molecule has 0 aliphatic rings. The van der Waals surface area contributed by atoms with Crippen LogP contribution < -0.4 is 0 Å². The second-order valence-electron chi connectivity index (χ2n) is 4.58. The molecule has 0 aromatic carbocycles. The number of hydrogen-bond acceptors (Lipinski definition) is 4. The van der Waals surface area contributed by atoms with E-state index in [4.69, 9.17) is 4.74 Å². The van der Waals surface area contributed by atoms with Crippen molar-refractivity contribution in [3.05, 3.63) is 22.8 Å². The summed E-state index contributed by atoms with van der Waals surface area (Å²) in [5.74, 6) is 0.157. The van der Waals surface area contributed by atoms with Crippen molar-refractivity contribution in [1.29, 1.82) is 0 Å². The summed E-state index contributed by atoms with van der Waals surface area (Å²) in [6.45, 7) is 2.75. The first-order valence-corrected chi connectivity index (χ1v) is 8.91. The number of halogens is 1. The first kappa shape index (κ1) is 17.5. The molecule has 0 atom stereocenters. The van der Waals surface area contributed by atoms with E-state index >= 15 is 0 Å². The van der Waals surface area contributed by atoms with Crippen molar-refractivity contribution in [2.24, 2.45) is 0 Å². The van der Waals surface area contributed by atoms with E-state index in [1.54, 1.807) is 0 Å². The maximum absolute atomic E-state index is 11.6. The number of nitrogens with zero attached hydrogens (tertiary/aromatic N) is 1. The molecular weight excluding hydrogens is 338 g/mol. The van der Waals surface area contributed by atoms with Gasteiger partial charge in [-0.1, -0.05) is 56.9 Å². The molecule has 0 amide bonds. The Morgan fingerprint density at radius 2 is 2.00 bits per heavy atom. The topological polar surface area (TPSA) is 39.2 Å². The van der Waals surface area contributed by atoms with Crippen LogP contribution in [0.3, 0.4) is 0 Å². The monoisotopic (exact) mass is 359 g/mol. The summed E-state index contributed by atoms with van der Waals surface area (Å²) >= 11 is 4.71. The van der Waals surface area contributed by atoms with Crippen molar-refractivity contribution in [2.45, 2.75) is 50.5 Å². The molecule has 0 fully saturated rings. The minimum Gasteiger partial charge on any atom is -0.465 e. The van der Waals surface area contributed by atoms with E-state index < -0.39 is 0 Å². The highest BCUT2D eigenvalue weighted by atomic mass is 79.9. The Morgan fingerprint density at radius 1 is 1.25 bits per heavy atom. The fourth-order valence-electron chi connectivity index (χ4n) is 1.71. The molecule has 112 valence electrons. The number of aromatic nitrogens is 1. The number of rotatable bonds is 10. The summed E-state index contributed by atoms with van der Waals surface area (Å²) in [7, 11) is 0. The van der Waals surface area contributed by atoms with Gasteiger partial charge in [0.05, 0.1) is 17.4 Å². The Morgan fingerprint density at radius 3 is 2.75 bits per heavy atom. The highest BCUT2D eigenvalue weighted by Gasteiger charge is 2.05. The maximum Gasteiger partial charge on any atom is 0.316 e. The fraction of sp³-hybridized carbons (Fsp3) is 0.600. The van der Waals surface area contributed by atoms with Crippen LogP contribution in [-0.2, 0) is 9.53 Å². The van der Waals surface area contributed by atoms with E-state index in [9.17, 15) is 4.79 Å². The predicted octanol–water partition coefficient (Wildman–Crippen LogP) is 4.84. The first-order valence-electron chi connectivity index (χ1n) is 7.13. The number of ether oxygens (including phenoxy) is 1. The summed E-state index contributed by atoms with van der Waals surface area (Å²) in [5, 5.41) is 0.830. The Bertz CT molecular complexity index is 401. The summed E-state index contributed by atoms with van der Waals surface area (Å²) < 4.78 is 5.98. The van der Waals surface area contributed by atoms with Crippen LogP contribution >= 0.6 is 27.7 Å². The van der Waals surface area contributed by atoms with Crippen molar-refractivity contribution in [3.63, 3.8) is 0 Å². The molecule has 3 nitrogen and oxygen atoms in total. The third kappa shape index (κ3) is 8.59. The SMILES string of the molecule is CCCCCCCCOC(=O)CSc1cccc(Br)n1. The van der Waals surface area contributed by atoms with E-state index in [2.05, 4.69) is 27.8 Å². The van der Waals surface area contributed by atoms with Crippen molar-refractivity contribution >= 4 is 33.7 Å². The normalized spacial score (nSPS) is 10.5. The molecule has 0 saturated heterocycles. The van der Waals surface area contributed by atoms with Gasteiger partial charge in [-0.25, -0.2) is 4.98 Å². The number of esters is 1. The predicted molar refractivity (Wildman–Crippen MR) is 87.0 cm³/mol. The zero-order valence-corrected chi connectivity index (χ0v) is 14.3. The van der Waals surface area contributed by atoms with E-state index in [-0.39, 0.29) is 5.97 Å². The molecule has 0 spiro atoms. The van der Waals surface area contributed by atoms with Crippen molar-refractivity contribution in [3.8, 4) is 0 Å². The molecule has 1 heterocycles. The van der Waals surface area contributed by atoms with Crippen molar-refractivity contribution in [1.82, 2.24) is 4.98 Å². The molecule has 0 aliphatic heterocycles. The third-order valence-corrected chi connectivity index (χ3v) is 4.13. The Hall–Kier alpha value is -0.550. The zero-order valence-electron chi connectivity index (χ0n) is 11.9. The molecule has 5 heteroatoms. The van der Waals surface area contributed by atoms with E-state index in [1.165, 1.54) is 37.4 Å². The van der Waals surface area contributed by atoms with E-state index in [0.717, 1.165) is 22.5 Å². The lowest BCUT2D eigenvalue weighted by Gasteiger charge is -2.05. The number of hydrogen-bond donors (Lipinski definition) is 0. The summed E-state index contributed by atoms with van der Waals surface area (Å²) in [5.41, 5.74) is 0. The van der Waals surface area contributed by atoms with Gasteiger partial charge in [-0.15, -0.1) is 0 Å². The quantitative estimate of drug-likeness (QED) is 0.259. The van der Waals surface area contributed by atoms with Gasteiger partial charge >= 0.3 is 5.97 Å². The second-order valence-corrected chi connectivity index (χ2v) is 6.38. The van der Waals surface area contributed by atoms with Crippen LogP contribution in [0.25, 0.3) is 0 Å². The van der Waals surface area contributed by atoms with Crippen LogP contribution in [0.4, 0.5) is 0 Å². The standard InChI is InChI=1S/C15H22BrNO2S/c1-2-3-4-5-6-7-11-19-15(18)12-20-14-10-8-9-13(16)17-14/h8-10H,2-7,11-12H2,1H3. The summed E-state index contributed by atoms with van der Waals surface area (Å²) in [4.78, 5) is 15.8. The second kappa shape index (κ2) is 11.1. The van der Waals surface area contributed by atoms with Crippen LogP contribution in [0.15, 0.2) is 27.8 Å². The maximum atomic E-state index is 11.6. The summed E-state index contributed by atoms with van der Waals surface area (Å²) in [6.07, 6.45) is 7.20. The van der Waals surface area contributed by atoms with E-state index in [1.807, 2.05) is 18.2 Å². The molecule has 0 unspecified atom stereocenters. The smallest absolute Gasteiger partial charge is 0.316 e. The lowest BCUT2D eigenvalue weighted by molar-refractivity contribution is -0.140. The largest absolute Gasteiger partial charge is 0.465 e. The number of carbonyl (C=O) groups is 1. The third-order valence-electron chi connectivity index (χ3n) is 2.79. The average molecular weight is 360 g/mol. The molecule has 0 radical (unpaired) electrons. The molecule has 1 aromatic rings. The minimum atomic E-state index is -0.162. The van der Waals surface area contributed by atoms with Crippen LogP contribution in [0.2, 0.25) is 0 Å². The average Bonchev–Trinajstić information content (AvgIpc) is 2.44. The summed E-state index contributed by atoms with van der Waals surface area (Å²) in [6, 6.07) is 5.65. The fourth-order valence-corrected chi connectivity index (χ4v) is 2.86. The van der Waals surface area contributed by atoms with E-state index in [0.29, 0.717) is 12.4 Å². The first-order chi connectivity index (χ1) is 9.72. The van der Waals surface area contributed by atoms with Gasteiger partial charge in [0.2, 0.25) is 0 Å². The number of carbonyl (C=O) groups excluding carboxylic acids is 1. The lowest BCUT2D eigenvalue weighted by Crippen LogP contribution is -2.08. The number of pyridine rings is 1. The van der Waals surface area contributed by atoms with Gasteiger partial charge in [0.1, 0.15) is 4.60 Å². The Balaban J connectivity index is 2.03. The molecular formula is C15H22BrNO2S. The Labute approximate surface area is 134 Å². The van der Waals surface area contributed by atoms with Gasteiger partial charge in [0.25, 0.3) is 0 Å². The molecule has 0 N–H and O–H groups in total. The lowest BCUT2D eigenvalue weighted by atomic mass is 10.1. The van der Waals surface area contributed by atoms with Gasteiger partial charge in [0.15, 0.2) is 0 Å². The highest BCUT2D eigenvalue weighted by Crippen LogP contribution is 2.17. The molecule has 1 rings (SSSR count). The van der Waals surface area contributed by atoms with Gasteiger partial charge in [0, 0.05) is 0 Å². The molecule has 0 bridgehead atoms. The van der Waals surface area contributed by atoms with Gasteiger partial charge in [-0.3, -0.25) is 4.79 Å². The van der Waals surface area contributed by atoms with Gasteiger partial charge in [-0.05, 0) is 34.5 Å². The molecule has 0 saturated carbocycles. The molecule has 20 heavy (non-hydrogen) atoms. The van der Waals surface area contributed by atoms with Crippen LogP contribution in [0.5, 0.6) is 0 Å². The zero-order chi connectivity index (χ0) is 14.6. The van der Waals surface area contributed by atoms with Gasteiger partial charge < -0.3 is 4.74 Å². The Kier molecular flexibility index (Phi) is 9.75. The van der Waals surface area contributed by atoms with Crippen molar-refractivity contribution < 1.29 is 9.53 Å². The number of unbranched alkanes of at least 4 members (excludes halogenated alkanes) is 5. The highest BCUT2D eigenvalue weighted by molar-refractivity contribution is 9.10. The molecule has 1 aromatic heterocycles.